The summed E-state index contributed by atoms with van der Waals surface area (Å²) >= 11 is 1.72. The van der Waals surface area contributed by atoms with Crippen LogP contribution in [0.3, 0.4) is 0 Å². The molecular formula is C12H17NO3S. The van der Waals surface area contributed by atoms with Crippen molar-refractivity contribution < 1.29 is 14.6 Å². The molecule has 2 unspecified atom stereocenters. The van der Waals surface area contributed by atoms with Gasteiger partial charge in [-0.3, -0.25) is 9.69 Å². The van der Waals surface area contributed by atoms with Crippen molar-refractivity contribution in [2.45, 2.75) is 25.4 Å². The Hall–Kier alpha value is -0.910. The Bertz CT molecular complexity index is 366. The molecule has 1 N–H and O–H groups in total. The van der Waals surface area contributed by atoms with Gasteiger partial charge >= 0.3 is 5.97 Å². The lowest BCUT2D eigenvalue weighted by atomic mass is 10.1. The number of carboxylic acid groups (broad SMARTS) is 1. The van der Waals surface area contributed by atoms with E-state index < -0.39 is 5.97 Å². The zero-order valence-electron chi connectivity index (χ0n) is 9.83. The first-order chi connectivity index (χ1) is 8.18. The van der Waals surface area contributed by atoms with Crippen LogP contribution in [0.5, 0.6) is 0 Å². The van der Waals surface area contributed by atoms with Gasteiger partial charge in [-0.2, -0.15) is 0 Å². The summed E-state index contributed by atoms with van der Waals surface area (Å²) < 4.78 is 5.38. The number of aliphatic carboxylic acids is 1. The molecule has 0 aliphatic carbocycles. The Balaban J connectivity index is 2.07. The molecule has 2 rings (SSSR count). The highest BCUT2D eigenvalue weighted by Gasteiger charge is 2.29. The van der Waals surface area contributed by atoms with Crippen molar-refractivity contribution in [3.05, 3.63) is 22.4 Å². The first-order valence-corrected chi connectivity index (χ1v) is 6.65. The van der Waals surface area contributed by atoms with Crippen LogP contribution in [0.2, 0.25) is 0 Å². The Morgan fingerprint density at radius 3 is 3.24 bits per heavy atom. The monoisotopic (exact) mass is 255 g/mol. The molecule has 94 valence electrons. The van der Waals surface area contributed by atoms with Crippen molar-refractivity contribution >= 4 is 17.3 Å². The summed E-state index contributed by atoms with van der Waals surface area (Å²) in [5.41, 5.74) is 0. The smallest absolute Gasteiger partial charge is 0.305 e. The number of thiophene rings is 1. The maximum atomic E-state index is 10.8. The number of ether oxygens (including phenoxy) is 1. The largest absolute Gasteiger partial charge is 0.481 e. The van der Waals surface area contributed by atoms with Crippen LogP contribution in [0.4, 0.5) is 0 Å². The molecule has 0 radical (unpaired) electrons. The Morgan fingerprint density at radius 2 is 2.59 bits per heavy atom. The zero-order chi connectivity index (χ0) is 12.3. The minimum atomic E-state index is -0.760. The lowest BCUT2D eigenvalue weighted by molar-refractivity contribution is -0.140. The number of carboxylic acids is 1. The van der Waals surface area contributed by atoms with Gasteiger partial charge in [-0.1, -0.05) is 6.07 Å². The number of morpholine rings is 1. The predicted molar refractivity (Wildman–Crippen MR) is 66.3 cm³/mol. The third-order valence-corrected chi connectivity index (χ3v) is 4.18. The topological polar surface area (TPSA) is 49.8 Å². The fourth-order valence-electron chi connectivity index (χ4n) is 2.25. The Morgan fingerprint density at radius 1 is 1.76 bits per heavy atom. The summed E-state index contributed by atoms with van der Waals surface area (Å²) in [4.78, 5) is 14.4. The molecule has 5 heteroatoms. The number of hydrogen-bond donors (Lipinski definition) is 1. The first kappa shape index (κ1) is 12.5. The molecule has 1 aromatic heterocycles. The highest BCUT2D eigenvalue weighted by molar-refractivity contribution is 7.10. The molecule has 2 atom stereocenters. The standard InChI is InChI=1S/C12H17NO3S/c1-9(11-3-2-6-17-11)13-4-5-16-8-10(13)7-12(14)15/h2-3,6,9-10H,4-5,7-8H2,1H3,(H,14,15). The van der Waals surface area contributed by atoms with E-state index in [1.165, 1.54) is 4.88 Å². The highest BCUT2D eigenvalue weighted by Crippen LogP contribution is 2.28. The van der Waals surface area contributed by atoms with Gasteiger partial charge in [-0.15, -0.1) is 11.3 Å². The summed E-state index contributed by atoms with van der Waals surface area (Å²) in [5.74, 6) is -0.760. The van der Waals surface area contributed by atoms with Crippen molar-refractivity contribution in [3.63, 3.8) is 0 Å². The van der Waals surface area contributed by atoms with Crippen LogP contribution in [-0.2, 0) is 9.53 Å². The molecule has 0 saturated carbocycles. The second-order valence-electron chi connectivity index (χ2n) is 4.26. The summed E-state index contributed by atoms with van der Waals surface area (Å²) in [7, 11) is 0. The summed E-state index contributed by atoms with van der Waals surface area (Å²) in [6.07, 6.45) is 0.149. The van der Waals surface area contributed by atoms with Crippen molar-refractivity contribution in [3.8, 4) is 0 Å². The van der Waals surface area contributed by atoms with Gasteiger partial charge in [0.2, 0.25) is 0 Å². The molecule has 0 spiro atoms. The third-order valence-electron chi connectivity index (χ3n) is 3.14. The molecule has 4 nitrogen and oxygen atoms in total. The quantitative estimate of drug-likeness (QED) is 0.894. The lowest BCUT2D eigenvalue weighted by Gasteiger charge is -2.38. The van der Waals surface area contributed by atoms with Gasteiger partial charge in [-0.25, -0.2) is 0 Å². The number of hydrogen-bond acceptors (Lipinski definition) is 4. The van der Waals surface area contributed by atoms with E-state index in [2.05, 4.69) is 23.3 Å². The molecule has 1 aromatic rings. The van der Waals surface area contributed by atoms with Crippen LogP contribution in [-0.4, -0.2) is 41.8 Å². The fourth-order valence-corrected chi connectivity index (χ4v) is 3.05. The van der Waals surface area contributed by atoms with Crippen molar-refractivity contribution in [2.24, 2.45) is 0 Å². The van der Waals surface area contributed by atoms with Crippen LogP contribution in [0.25, 0.3) is 0 Å². The lowest BCUT2D eigenvalue weighted by Crippen LogP contribution is -2.47. The van der Waals surface area contributed by atoms with E-state index in [9.17, 15) is 4.79 Å². The number of nitrogens with zero attached hydrogens (tertiary/aromatic N) is 1. The Kier molecular flexibility index (Phi) is 4.15. The molecular weight excluding hydrogens is 238 g/mol. The maximum Gasteiger partial charge on any atom is 0.305 e. The highest BCUT2D eigenvalue weighted by atomic mass is 32.1. The van der Waals surface area contributed by atoms with Crippen LogP contribution < -0.4 is 0 Å². The molecule has 0 amide bonds. The Labute approximate surface area is 105 Å². The molecule has 0 aromatic carbocycles. The van der Waals surface area contributed by atoms with Gasteiger partial charge in [0.1, 0.15) is 0 Å². The third kappa shape index (κ3) is 3.06. The van der Waals surface area contributed by atoms with Crippen LogP contribution >= 0.6 is 11.3 Å². The zero-order valence-corrected chi connectivity index (χ0v) is 10.7. The molecule has 1 saturated heterocycles. The van der Waals surface area contributed by atoms with Crippen LogP contribution in [0.15, 0.2) is 17.5 Å². The van der Waals surface area contributed by atoms with Crippen LogP contribution in [0, 0.1) is 0 Å². The maximum absolute atomic E-state index is 10.8. The second kappa shape index (κ2) is 5.62. The van der Waals surface area contributed by atoms with E-state index in [4.69, 9.17) is 9.84 Å². The van der Waals surface area contributed by atoms with Crippen molar-refractivity contribution in [1.29, 1.82) is 0 Å². The van der Waals surface area contributed by atoms with Gasteiger partial charge in [0.05, 0.1) is 19.6 Å². The number of rotatable bonds is 4. The van der Waals surface area contributed by atoms with Crippen LogP contribution in [0.1, 0.15) is 24.3 Å². The van der Waals surface area contributed by atoms with E-state index in [0.717, 1.165) is 6.54 Å². The van der Waals surface area contributed by atoms with Gasteiger partial charge in [0, 0.05) is 23.5 Å². The second-order valence-corrected chi connectivity index (χ2v) is 5.24. The van der Waals surface area contributed by atoms with Gasteiger partial charge in [0.15, 0.2) is 0 Å². The molecule has 17 heavy (non-hydrogen) atoms. The molecule has 2 heterocycles. The van der Waals surface area contributed by atoms with Crippen molar-refractivity contribution in [1.82, 2.24) is 4.90 Å². The van der Waals surface area contributed by atoms with E-state index in [0.29, 0.717) is 13.2 Å². The van der Waals surface area contributed by atoms with E-state index in [1.54, 1.807) is 11.3 Å². The summed E-state index contributed by atoms with van der Waals surface area (Å²) in [6.45, 7) is 4.14. The summed E-state index contributed by atoms with van der Waals surface area (Å²) in [6, 6.07) is 4.38. The molecule has 1 fully saturated rings. The van der Waals surface area contributed by atoms with E-state index in [-0.39, 0.29) is 18.5 Å². The van der Waals surface area contributed by atoms with Gasteiger partial charge in [0.25, 0.3) is 0 Å². The average Bonchev–Trinajstić information content (AvgIpc) is 2.81. The summed E-state index contributed by atoms with van der Waals surface area (Å²) in [5, 5.41) is 11.0. The van der Waals surface area contributed by atoms with Crippen molar-refractivity contribution in [2.75, 3.05) is 19.8 Å². The normalized spacial score (nSPS) is 23.5. The first-order valence-electron chi connectivity index (χ1n) is 5.77. The fraction of sp³-hybridized carbons (Fsp3) is 0.583. The molecule has 0 bridgehead atoms. The van der Waals surface area contributed by atoms with E-state index >= 15 is 0 Å². The molecule has 1 aliphatic rings. The van der Waals surface area contributed by atoms with Gasteiger partial charge < -0.3 is 9.84 Å². The molecule has 1 aliphatic heterocycles. The minimum absolute atomic E-state index is 0.0154. The predicted octanol–water partition coefficient (Wildman–Crippen LogP) is 1.98. The minimum Gasteiger partial charge on any atom is -0.481 e. The van der Waals surface area contributed by atoms with Gasteiger partial charge in [-0.05, 0) is 18.4 Å². The van der Waals surface area contributed by atoms with E-state index in [1.807, 2.05) is 6.07 Å². The number of carbonyl (C=O) groups is 1. The average molecular weight is 255 g/mol. The SMILES string of the molecule is CC(c1cccs1)N1CCOCC1CC(=O)O.